The highest BCUT2D eigenvalue weighted by Crippen LogP contribution is 2.30. The van der Waals surface area contributed by atoms with Crippen LogP contribution in [0, 0.1) is 6.92 Å². The number of rotatable bonds is 9. The van der Waals surface area contributed by atoms with Gasteiger partial charge >= 0.3 is 0 Å². The molecule has 0 radical (unpaired) electrons. The minimum atomic E-state index is 0.745. The Morgan fingerprint density at radius 2 is 2.00 bits per heavy atom. The van der Waals surface area contributed by atoms with Crippen molar-refractivity contribution in [1.29, 1.82) is 0 Å². The molecule has 0 saturated carbocycles. The number of anilines is 3. The highest BCUT2D eigenvalue weighted by atomic mass is 16.5. The standard InChI is InChI=1S/C21H31N5O/c1-7-16(9-10-26(5)8-2)18-13-20(23-14-19(18)27-6)25-21-12-17(22-4)11-15(3)24-21/h9,11-14H,7-8,10H2,1-6H3,(H2,22,23,24,25)/b16-9+. The molecule has 0 aliphatic heterocycles. The minimum Gasteiger partial charge on any atom is -0.494 e. The van der Waals surface area contributed by atoms with Gasteiger partial charge in [-0.15, -0.1) is 0 Å². The molecule has 0 aromatic carbocycles. The third-order valence-electron chi connectivity index (χ3n) is 4.50. The summed E-state index contributed by atoms with van der Waals surface area (Å²) >= 11 is 0. The fraction of sp³-hybridized carbons (Fsp3) is 0.429. The Bertz CT molecular complexity index is 788. The molecule has 0 unspecified atom stereocenters. The van der Waals surface area contributed by atoms with Crippen LogP contribution in [0.25, 0.3) is 5.57 Å². The lowest BCUT2D eigenvalue weighted by Gasteiger charge is -2.16. The fourth-order valence-electron chi connectivity index (χ4n) is 2.77. The summed E-state index contributed by atoms with van der Waals surface area (Å²) in [4.78, 5) is 11.3. The normalized spacial score (nSPS) is 11.6. The van der Waals surface area contributed by atoms with Crippen LogP contribution in [0.1, 0.15) is 31.5 Å². The number of aromatic nitrogens is 2. The zero-order chi connectivity index (χ0) is 19.8. The Hall–Kier alpha value is -2.60. The molecule has 0 atom stereocenters. The first kappa shape index (κ1) is 20.7. The van der Waals surface area contributed by atoms with E-state index in [1.54, 1.807) is 13.3 Å². The molecular formula is C21H31N5O. The molecule has 146 valence electrons. The van der Waals surface area contributed by atoms with E-state index in [9.17, 15) is 0 Å². The van der Waals surface area contributed by atoms with Crippen molar-refractivity contribution in [2.45, 2.75) is 27.2 Å². The summed E-state index contributed by atoms with van der Waals surface area (Å²) in [5, 5.41) is 6.46. The molecular weight excluding hydrogens is 338 g/mol. The predicted molar refractivity (Wildman–Crippen MR) is 114 cm³/mol. The number of likely N-dealkylation sites (N-methyl/N-ethyl adjacent to an activating group) is 1. The van der Waals surface area contributed by atoms with Gasteiger partial charge in [0.2, 0.25) is 0 Å². The van der Waals surface area contributed by atoms with Crippen molar-refractivity contribution in [3.05, 3.63) is 41.7 Å². The quantitative estimate of drug-likeness (QED) is 0.686. The van der Waals surface area contributed by atoms with Crippen molar-refractivity contribution >= 4 is 22.9 Å². The largest absolute Gasteiger partial charge is 0.494 e. The van der Waals surface area contributed by atoms with E-state index in [4.69, 9.17) is 4.74 Å². The van der Waals surface area contributed by atoms with E-state index in [2.05, 4.69) is 52.5 Å². The predicted octanol–water partition coefficient (Wildman–Crippen LogP) is 4.32. The Morgan fingerprint density at radius 3 is 2.63 bits per heavy atom. The topological polar surface area (TPSA) is 62.3 Å². The smallest absolute Gasteiger partial charge is 0.144 e. The van der Waals surface area contributed by atoms with E-state index in [1.807, 2.05) is 32.2 Å². The summed E-state index contributed by atoms with van der Waals surface area (Å²) < 4.78 is 5.55. The third kappa shape index (κ3) is 5.69. The first-order valence-corrected chi connectivity index (χ1v) is 9.36. The number of allylic oxidation sites excluding steroid dienone is 1. The summed E-state index contributed by atoms with van der Waals surface area (Å²) in [7, 11) is 5.69. The number of nitrogens with one attached hydrogen (secondary N) is 2. The second kappa shape index (κ2) is 9.92. The summed E-state index contributed by atoms with van der Waals surface area (Å²) in [5.74, 6) is 2.28. The molecule has 0 spiro atoms. The maximum atomic E-state index is 5.55. The summed E-state index contributed by atoms with van der Waals surface area (Å²) in [6, 6.07) is 5.99. The highest BCUT2D eigenvalue weighted by molar-refractivity contribution is 5.73. The molecule has 2 rings (SSSR count). The zero-order valence-electron chi connectivity index (χ0n) is 17.3. The van der Waals surface area contributed by atoms with Gasteiger partial charge in [0.25, 0.3) is 0 Å². The zero-order valence-corrected chi connectivity index (χ0v) is 17.3. The first-order valence-electron chi connectivity index (χ1n) is 9.36. The lowest BCUT2D eigenvalue weighted by atomic mass is 10.0. The van der Waals surface area contributed by atoms with E-state index in [1.165, 1.54) is 5.57 Å². The lowest BCUT2D eigenvalue weighted by Crippen LogP contribution is -2.17. The molecule has 0 amide bonds. The molecule has 0 aliphatic carbocycles. The van der Waals surface area contributed by atoms with Gasteiger partial charge in [0.05, 0.1) is 13.3 Å². The molecule has 0 saturated heterocycles. The van der Waals surface area contributed by atoms with E-state index < -0.39 is 0 Å². The van der Waals surface area contributed by atoms with Gasteiger partial charge in [-0.3, -0.25) is 0 Å². The second-order valence-corrected chi connectivity index (χ2v) is 6.47. The van der Waals surface area contributed by atoms with Gasteiger partial charge in [0, 0.05) is 36.6 Å². The maximum Gasteiger partial charge on any atom is 0.144 e. The number of ether oxygens (including phenoxy) is 1. The molecule has 27 heavy (non-hydrogen) atoms. The molecule has 2 heterocycles. The number of hydrogen-bond acceptors (Lipinski definition) is 6. The summed E-state index contributed by atoms with van der Waals surface area (Å²) in [6.07, 6.45) is 4.94. The van der Waals surface area contributed by atoms with Crippen molar-refractivity contribution in [2.75, 3.05) is 44.9 Å². The average molecular weight is 370 g/mol. The van der Waals surface area contributed by atoms with E-state index >= 15 is 0 Å². The van der Waals surface area contributed by atoms with Crippen molar-refractivity contribution in [3.63, 3.8) is 0 Å². The van der Waals surface area contributed by atoms with Crippen molar-refractivity contribution in [1.82, 2.24) is 14.9 Å². The van der Waals surface area contributed by atoms with Crippen LogP contribution in [0.2, 0.25) is 0 Å². The molecule has 2 aromatic heterocycles. The first-order chi connectivity index (χ1) is 13.0. The molecule has 2 N–H and O–H groups in total. The Labute approximate surface area is 162 Å². The number of nitrogens with zero attached hydrogens (tertiary/aromatic N) is 3. The van der Waals surface area contributed by atoms with Gasteiger partial charge in [0.1, 0.15) is 17.4 Å². The highest BCUT2D eigenvalue weighted by Gasteiger charge is 2.11. The molecule has 0 aliphatic rings. The third-order valence-corrected chi connectivity index (χ3v) is 4.50. The summed E-state index contributed by atoms with van der Waals surface area (Å²) in [5.41, 5.74) is 4.25. The van der Waals surface area contributed by atoms with Crippen LogP contribution in [0.3, 0.4) is 0 Å². The number of methoxy groups -OCH3 is 1. The Balaban J connectivity index is 2.35. The van der Waals surface area contributed by atoms with Gasteiger partial charge in [-0.25, -0.2) is 9.97 Å². The number of hydrogen-bond donors (Lipinski definition) is 2. The van der Waals surface area contributed by atoms with Crippen LogP contribution in [0.4, 0.5) is 17.3 Å². The maximum absolute atomic E-state index is 5.55. The number of aryl methyl sites for hydroxylation is 1. The Morgan fingerprint density at radius 1 is 1.22 bits per heavy atom. The van der Waals surface area contributed by atoms with E-state index in [0.29, 0.717) is 0 Å². The van der Waals surface area contributed by atoms with Crippen LogP contribution in [-0.4, -0.2) is 49.2 Å². The van der Waals surface area contributed by atoms with Crippen molar-refractivity contribution < 1.29 is 4.74 Å². The molecule has 0 bridgehead atoms. The van der Waals surface area contributed by atoms with Crippen LogP contribution < -0.4 is 15.4 Å². The van der Waals surface area contributed by atoms with Crippen LogP contribution in [0.5, 0.6) is 5.75 Å². The molecule has 6 heteroatoms. The Kier molecular flexibility index (Phi) is 7.61. The van der Waals surface area contributed by atoms with Gasteiger partial charge in [0.15, 0.2) is 0 Å². The fourth-order valence-corrected chi connectivity index (χ4v) is 2.77. The monoisotopic (exact) mass is 369 g/mol. The van der Waals surface area contributed by atoms with Crippen LogP contribution in [0.15, 0.2) is 30.5 Å². The van der Waals surface area contributed by atoms with Crippen molar-refractivity contribution in [3.8, 4) is 5.75 Å². The van der Waals surface area contributed by atoms with Crippen LogP contribution in [-0.2, 0) is 0 Å². The minimum absolute atomic E-state index is 0.745. The molecule has 2 aromatic rings. The van der Waals surface area contributed by atoms with E-state index in [0.717, 1.165) is 53.8 Å². The second-order valence-electron chi connectivity index (χ2n) is 6.47. The van der Waals surface area contributed by atoms with Gasteiger partial charge in [-0.1, -0.05) is 19.9 Å². The number of pyridine rings is 2. The summed E-state index contributed by atoms with van der Waals surface area (Å²) in [6.45, 7) is 8.20. The van der Waals surface area contributed by atoms with E-state index in [-0.39, 0.29) is 0 Å². The average Bonchev–Trinajstić information content (AvgIpc) is 2.67. The SMILES string of the molecule is CC/C(=C\CN(C)CC)c1cc(Nc2cc(NC)cc(C)n2)ncc1OC. The van der Waals surface area contributed by atoms with Gasteiger partial charge < -0.3 is 20.3 Å². The molecule has 6 nitrogen and oxygen atoms in total. The van der Waals surface area contributed by atoms with Crippen molar-refractivity contribution in [2.24, 2.45) is 0 Å². The van der Waals surface area contributed by atoms with Gasteiger partial charge in [-0.05, 0) is 44.6 Å². The van der Waals surface area contributed by atoms with Crippen LogP contribution >= 0.6 is 0 Å². The lowest BCUT2D eigenvalue weighted by molar-refractivity contribution is 0.392. The molecule has 0 fully saturated rings. The van der Waals surface area contributed by atoms with Gasteiger partial charge in [-0.2, -0.15) is 0 Å².